The lowest BCUT2D eigenvalue weighted by Gasteiger charge is -2.15. The molecule has 1 N–H and O–H groups in total. The number of anilines is 1. The molecule has 2 aromatic rings. The van der Waals surface area contributed by atoms with Gasteiger partial charge in [0.15, 0.2) is 0 Å². The Morgan fingerprint density at radius 3 is 2.39 bits per heavy atom. The molecule has 0 spiro atoms. The van der Waals surface area contributed by atoms with Gasteiger partial charge in [0.1, 0.15) is 5.82 Å². The number of sulfonamides is 1. The van der Waals surface area contributed by atoms with Gasteiger partial charge in [0.2, 0.25) is 10.0 Å². The first-order valence-electron chi connectivity index (χ1n) is 6.82. The van der Waals surface area contributed by atoms with Crippen LogP contribution in [0.3, 0.4) is 0 Å². The molecule has 0 atom stereocenters. The van der Waals surface area contributed by atoms with E-state index in [-0.39, 0.29) is 16.1 Å². The number of hydrogen-bond acceptors (Lipinski definition) is 3. The molecule has 0 bridgehead atoms. The van der Waals surface area contributed by atoms with E-state index >= 15 is 0 Å². The number of hydrogen-bond donors (Lipinski definition) is 1. The molecule has 0 heterocycles. The Hall–Kier alpha value is -2.25. The van der Waals surface area contributed by atoms with Crippen molar-refractivity contribution in [2.75, 3.05) is 19.4 Å². The minimum Gasteiger partial charge on any atom is -0.322 e. The van der Waals surface area contributed by atoms with E-state index in [2.05, 4.69) is 5.32 Å². The number of benzene rings is 2. The van der Waals surface area contributed by atoms with Gasteiger partial charge in [-0.05, 0) is 36.8 Å². The van der Waals surface area contributed by atoms with Crippen LogP contribution in [0.4, 0.5) is 10.1 Å². The molecule has 23 heavy (non-hydrogen) atoms. The van der Waals surface area contributed by atoms with Crippen LogP contribution in [0.15, 0.2) is 47.4 Å². The van der Waals surface area contributed by atoms with Crippen LogP contribution in [0.5, 0.6) is 0 Å². The Morgan fingerprint density at radius 2 is 1.78 bits per heavy atom. The highest BCUT2D eigenvalue weighted by Gasteiger charge is 2.20. The maximum atomic E-state index is 13.6. The summed E-state index contributed by atoms with van der Waals surface area (Å²) in [5.74, 6) is -1.28. The van der Waals surface area contributed by atoms with Crippen LogP contribution in [-0.2, 0) is 10.0 Å². The van der Waals surface area contributed by atoms with Gasteiger partial charge >= 0.3 is 0 Å². The minimum atomic E-state index is -3.63. The van der Waals surface area contributed by atoms with E-state index in [1.165, 1.54) is 38.4 Å². The van der Waals surface area contributed by atoms with Crippen molar-refractivity contribution in [2.24, 2.45) is 0 Å². The lowest BCUT2D eigenvalue weighted by Crippen LogP contribution is -2.23. The quantitative estimate of drug-likeness (QED) is 0.933. The van der Waals surface area contributed by atoms with E-state index in [1.54, 1.807) is 25.1 Å². The summed E-state index contributed by atoms with van der Waals surface area (Å²) in [5, 5.41) is 2.52. The zero-order chi connectivity index (χ0) is 17.2. The Balaban J connectivity index is 2.36. The molecule has 0 unspecified atom stereocenters. The average Bonchev–Trinajstić information content (AvgIpc) is 2.49. The molecular formula is C16H17FN2O3S. The van der Waals surface area contributed by atoms with Crippen molar-refractivity contribution >= 4 is 21.6 Å². The average molecular weight is 336 g/mol. The van der Waals surface area contributed by atoms with Gasteiger partial charge in [-0.15, -0.1) is 0 Å². The fourth-order valence-electron chi connectivity index (χ4n) is 2.00. The normalized spacial score (nSPS) is 11.5. The van der Waals surface area contributed by atoms with Gasteiger partial charge in [-0.1, -0.05) is 18.2 Å². The van der Waals surface area contributed by atoms with Gasteiger partial charge in [0, 0.05) is 19.8 Å². The van der Waals surface area contributed by atoms with Crippen molar-refractivity contribution in [3.63, 3.8) is 0 Å². The number of halogens is 1. The van der Waals surface area contributed by atoms with Crippen molar-refractivity contribution < 1.29 is 17.6 Å². The van der Waals surface area contributed by atoms with Crippen molar-refractivity contribution in [2.45, 2.75) is 11.8 Å². The first-order valence-corrected chi connectivity index (χ1v) is 8.26. The Kier molecular flexibility index (Phi) is 4.82. The number of carbonyl (C=O) groups excluding carboxylic acids is 1. The van der Waals surface area contributed by atoms with Gasteiger partial charge in [0.05, 0.1) is 10.5 Å². The molecule has 7 heteroatoms. The SMILES string of the molecule is Cc1ccc(NC(=O)c2ccccc2F)cc1S(=O)(=O)N(C)C. The van der Waals surface area contributed by atoms with Crippen LogP contribution in [0.2, 0.25) is 0 Å². The first kappa shape index (κ1) is 17.1. The number of nitrogens with one attached hydrogen (secondary N) is 1. The molecule has 5 nitrogen and oxygen atoms in total. The van der Waals surface area contributed by atoms with E-state index in [0.717, 1.165) is 4.31 Å². The van der Waals surface area contributed by atoms with Crippen molar-refractivity contribution in [3.05, 3.63) is 59.4 Å². The van der Waals surface area contributed by atoms with Gasteiger partial charge in [-0.25, -0.2) is 17.1 Å². The van der Waals surface area contributed by atoms with Crippen LogP contribution in [0.25, 0.3) is 0 Å². The molecule has 0 aliphatic rings. The van der Waals surface area contributed by atoms with Crippen LogP contribution >= 0.6 is 0 Å². The van der Waals surface area contributed by atoms with Crippen molar-refractivity contribution in [1.29, 1.82) is 0 Å². The van der Waals surface area contributed by atoms with E-state index in [4.69, 9.17) is 0 Å². The summed E-state index contributed by atoms with van der Waals surface area (Å²) >= 11 is 0. The van der Waals surface area contributed by atoms with Gasteiger partial charge < -0.3 is 5.32 Å². The summed E-state index contributed by atoms with van der Waals surface area (Å²) < 4.78 is 39.2. The van der Waals surface area contributed by atoms with Crippen LogP contribution in [0, 0.1) is 12.7 Å². The third-order valence-electron chi connectivity index (χ3n) is 3.32. The molecule has 0 fully saturated rings. The predicted octanol–water partition coefficient (Wildman–Crippen LogP) is 2.64. The fraction of sp³-hybridized carbons (Fsp3) is 0.188. The second-order valence-corrected chi connectivity index (χ2v) is 7.32. The van der Waals surface area contributed by atoms with E-state index in [0.29, 0.717) is 5.56 Å². The van der Waals surface area contributed by atoms with Crippen molar-refractivity contribution in [3.8, 4) is 0 Å². The fourth-order valence-corrected chi connectivity index (χ4v) is 3.14. The number of carbonyl (C=O) groups is 1. The Morgan fingerprint density at radius 1 is 1.13 bits per heavy atom. The number of nitrogens with zero attached hydrogens (tertiary/aromatic N) is 1. The standard InChI is InChI=1S/C16H17FN2O3S/c1-11-8-9-12(10-15(11)23(21,22)19(2)3)18-16(20)13-6-4-5-7-14(13)17/h4-10H,1-3H3,(H,18,20). The zero-order valence-electron chi connectivity index (χ0n) is 13.0. The summed E-state index contributed by atoms with van der Waals surface area (Å²) in [5.41, 5.74) is 0.733. The van der Waals surface area contributed by atoms with Crippen LogP contribution < -0.4 is 5.32 Å². The lowest BCUT2D eigenvalue weighted by molar-refractivity contribution is 0.102. The second-order valence-electron chi connectivity index (χ2n) is 5.20. The number of rotatable bonds is 4. The highest BCUT2D eigenvalue weighted by atomic mass is 32.2. The van der Waals surface area contributed by atoms with Gasteiger partial charge in [0.25, 0.3) is 5.91 Å². The Labute approximate surface area is 134 Å². The second kappa shape index (κ2) is 6.47. The summed E-state index contributed by atoms with van der Waals surface area (Å²) in [6.07, 6.45) is 0. The minimum absolute atomic E-state index is 0.0915. The summed E-state index contributed by atoms with van der Waals surface area (Å²) in [6, 6.07) is 10.1. The van der Waals surface area contributed by atoms with Crippen molar-refractivity contribution in [1.82, 2.24) is 4.31 Å². The monoisotopic (exact) mass is 336 g/mol. The van der Waals surface area contributed by atoms with Crippen LogP contribution in [-0.4, -0.2) is 32.7 Å². The first-order chi connectivity index (χ1) is 10.7. The summed E-state index contributed by atoms with van der Waals surface area (Å²) in [4.78, 5) is 12.2. The van der Waals surface area contributed by atoms with Crippen LogP contribution in [0.1, 0.15) is 15.9 Å². The molecule has 0 aliphatic carbocycles. The molecule has 2 rings (SSSR count). The molecule has 0 saturated heterocycles. The molecule has 0 aliphatic heterocycles. The maximum Gasteiger partial charge on any atom is 0.258 e. The Bertz CT molecular complexity index is 848. The summed E-state index contributed by atoms with van der Waals surface area (Å²) in [6.45, 7) is 1.67. The topological polar surface area (TPSA) is 66.5 Å². The zero-order valence-corrected chi connectivity index (χ0v) is 13.8. The van der Waals surface area contributed by atoms with Gasteiger partial charge in [-0.2, -0.15) is 0 Å². The highest BCUT2D eigenvalue weighted by Crippen LogP contribution is 2.23. The third-order valence-corrected chi connectivity index (χ3v) is 5.28. The summed E-state index contributed by atoms with van der Waals surface area (Å²) in [7, 11) is -0.771. The third kappa shape index (κ3) is 3.57. The number of amides is 1. The number of aryl methyl sites for hydroxylation is 1. The van der Waals surface area contributed by atoms with E-state index in [1.807, 2.05) is 0 Å². The molecule has 2 aromatic carbocycles. The molecule has 0 saturated carbocycles. The van der Waals surface area contributed by atoms with E-state index < -0.39 is 21.7 Å². The van der Waals surface area contributed by atoms with Gasteiger partial charge in [-0.3, -0.25) is 4.79 Å². The lowest BCUT2D eigenvalue weighted by atomic mass is 10.2. The largest absolute Gasteiger partial charge is 0.322 e. The molecular weight excluding hydrogens is 319 g/mol. The molecule has 0 radical (unpaired) electrons. The maximum absolute atomic E-state index is 13.6. The molecule has 1 amide bonds. The highest BCUT2D eigenvalue weighted by molar-refractivity contribution is 7.89. The smallest absolute Gasteiger partial charge is 0.258 e. The predicted molar refractivity (Wildman–Crippen MR) is 86.4 cm³/mol. The van der Waals surface area contributed by atoms with E-state index in [9.17, 15) is 17.6 Å². The molecule has 0 aromatic heterocycles. The molecule has 122 valence electrons.